The molecule has 1 aliphatic rings. The van der Waals surface area contributed by atoms with Crippen LogP contribution in [0.25, 0.3) is 0 Å². The van der Waals surface area contributed by atoms with Crippen molar-refractivity contribution in [2.45, 2.75) is 70.8 Å². The van der Waals surface area contributed by atoms with E-state index in [0.29, 0.717) is 18.7 Å². The lowest BCUT2D eigenvalue weighted by Gasteiger charge is -2.50. The first-order chi connectivity index (χ1) is 19.0. The molecule has 0 radical (unpaired) electrons. The van der Waals surface area contributed by atoms with E-state index in [0.717, 1.165) is 18.5 Å². The Morgan fingerprint density at radius 2 is 1.30 bits per heavy atom. The number of ether oxygens (including phenoxy) is 1. The first-order valence-electron chi connectivity index (χ1n) is 14.5. The topological polar surface area (TPSA) is 38.8 Å². The van der Waals surface area contributed by atoms with Gasteiger partial charge in [0.1, 0.15) is 0 Å². The van der Waals surface area contributed by atoms with Gasteiger partial charge in [-0.25, -0.2) is 4.79 Å². The summed E-state index contributed by atoms with van der Waals surface area (Å²) in [7, 11) is -2.10. The smallest absolute Gasteiger partial charge is 0.333 e. The van der Waals surface area contributed by atoms with Crippen LogP contribution in [0.4, 0.5) is 0 Å². The minimum atomic E-state index is -2.10. The molecule has 0 aromatic heterocycles. The molecule has 0 amide bonds. The first kappa shape index (κ1) is 30.0. The Balaban J connectivity index is 1.91. The van der Waals surface area contributed by atoms with Crippen molar-refractivity contribution in [3.63, 3.8) is 0 Å². The molecule has 3 aromatic rings. The second kappa shape index (κ2) is 12.3. The molecule has 0 spiro atoms. The Morgan fingerprint density at radius 3 is 1.70 bits per heavy atom. The molecule has 212 valence electrons. The van der Waals surface area contributed by atoms with Crippen LogP contribution in [0, 0.1) is 0 Å². The normalized spacial score (nSPS) is 18.3. The minimum absolute atomic E-state index is 0.0644. The molecule has 0 saturated carbocycles. The van der Waals surface area contributed by atoms with Gasteiger partial charge in [-0.2, -0.15) is 0 Å². The van der Waals surface area contributed by atoms with E-state index in [1.54, 1.807) is 0 Å². The van der Waals surface area contributed by atoms with E-state index in [4.69, 9.17) is 9.16 Å². The van der Waals surface area contributed by atoms with Crippen LogP contribution in [0.5, 0.6) is 0 Å². The summed E-state index contributed by atoms with van der Waals surface area (Å²) in [6, 6.07) is 32.2. The summed E-state index contributed by atoms with van der Waals surface area (Å²) < 4.78 is 12.5. The molecule has 1 unspecified atom stereocenters. The van der Waals surface area contributed by atoms with Crippen LogP contribution >= 0.6 is 0 Å². The molecule has 40 heavy (non-hydrogen) atoms. The maximum absolute atomic E-state index is 13.2. The Hall–Kier alpha value is -2.99. The van der Waals surface area contributed by atoms with Crippen molar-refractivity contribution in [3.8, 4) is 0 Å². The first-order valence-corrected chi connectivity index (χ1v) is 17.4. The zero-order valence-corrected chi connectivity index (χ0v) is 26.2. The van der Waals surface area contributed by atoms with E-state index >= 15 is 0 Å². The Morgan fingerprint density at radius 1 is 0.850 bits per heavy atom. The highest BCUT2D eigenvalue weighted by Gasteiger charge is 2.47. The van der Waals surface area contributed by atoms with E-state index in [9.17, 15) is 4.79 Å². The van der Waals surface area contributed by atoms with Gasteiger partial charge >= 0.3 is 5.97 Å². The van der Waals surface area contributed by atoms with E-state index < -0.39 is 13.9 Å². The predicted molar refractivity (Wildman–Crippen MR) is 167 cm³/mol. The zero-order chi connectivity index (χ0) is 29.0. The molecule has 4 rings (SSSR count). The lowest BCUT2D eigenvalue weighted by Crippen LogP contribution is -2.55. The fraction of sp³-hybridized carbons (Fsp3) is 0.400. The molecule has 1 fully saturated rings. The molecule has 1 atom stereocenters. The molecule has 0 aliphatic carbocycles. The zero-order valence-electron chi connectivity index (χ0n) is 25.2. The number of nitrogens with zero attached hydrogens (tertiary/aromatic N) is 1. The van der Waals surface area contributed by atoms with Gasteiger partial charge in [-0.05, 0) is 60.7 Å². The Labute approximate surface area is 242 Å². The third kappa shape index (κ3) is 5.88. The highest BCUT2D eigenvalue weighted by Crippen LogP contribution is 2.46. The molecule has 0 bridgehead atoms. The highest BCUT2D eigenvalue weighted by atomic mass is 28.4. The van der Waals surface area contributed by atoms with Crippen molar-refractivity contribution >= 4 is 14.3 Å². The standard InChI is InChI=1S/C35H45NO3Si/c1-8-38-33(37)27(2)31-26-36(25-24-32(31)39-40(6,7)34(3,4)5)35(28-18-12-9-13-19-28,29-20-14-10-15-21-29)30-22-16-11-17-23-30/h9-23,32H,8,24-26H2,1-7H3/b31-27+. The number of carbonyl (C=O) groups excluding carboxylic acids is 1. The summed E-state index contributed by atoms with van der Waals surface area (Å²) in [5.74, 6) is -0.257. The number of esters is 1. The van der Waals surface area contributed by atoms with Crippen LogP contribution in [-0.2, 0) is 19.5 Å². The maximum Gasteiger partial charge on any atom is 0.333 e. The van der Waals surface area contributed by atoms with Gasteiger partial charge in [-0.1, -0.05) is 112 Å². The number of rotatable bonds is 8. The van der Waals surface area contributed by atoms with Crippen molar-refractivity contribution in [3.05, 3.63) is 119 Å². The van der Waals surface area contributed by atoms with Crippen LogP contribution in [0.3, 0.4) is 0 Å². The van der Waals surface area contributed by atoms with E-state index in [2.05, 4.69) is 130 Å². The number of benzene rings is 3. The number of carbonyl (C=O) groups is 1. The lowest BCUT2D eigenvalue weighted by molar-refractivity contribution is -0.138. The largest absolute Gasteiger partial charge is 0.463 e. The summed E-state index contributed by atoms with van der Waals surface area (Å²) in [5.41, 5.74) is 4.74. The summed E-state index contributed by atoms with van der Waals surface area (Å²) >= 11 is 0. The summed E-state index contributed by atoms with van der Waals surface area (Å²) in [5, 5.41) is 0.0644. The predicted octanol–water partition coefficient (Wildman–Crippen LogP) is 7.95. The van der Waals surface area contributed by atoms with Crippen molar-refractivity contribution in [2.24, 2.45) is 0 Å². The molecule has 1 heterocycles. The minimum Gasteiger partial charge on any atom is -0.463 e. The second-order valence-electron chi connectivity index (χ2n) is 12.3. The SMILES string of the molecule is CCOC(=O)/C(C)=C1\CN(C(c2ccccc2)(c2ccccc2)c2ccccc2)CCC1O[Si](C)(C)C(C)(C)C. The van der Waals surface area contributed by atoms with Gasteiger partial charge in [0, 0.05) is 18.7 Å². The van der Waals surface area contributed by atoms with Crippen LogP contribution in [0.15, 0.2) is 102 Å². The Bertz CT molecular complexity index is 1200. The van der Waals surface area contributed by atoms with Crippen LogP contribution < -0.4 is 0 Å². The van der Waals surface area contributed by atoms with E-state index in [-0.39, 0.29) is 17.1 Å². The van der Waals surface area contributed by atoms with Gasteiger partial charge in [0.15, 0.2) is 8.32 Å². The third-order valence-electron chi connectivity index (χ3n) is 8.77. The number of hydrogen-bond acceptors (Lipinski definition) is 4. The van der Waals surface area contributed by atoms with E-state index in [1.807, 2.05) is 13.8 Å². The third-order valence-corrected chi connectivity index (χ3v) is 13.3. The molecule has 5 heteroatoms. The molecule has 3 aromatic carbocycles. The fourth-order valence-electron chi connectivity index (χ4n) is 5.60. The van der Waals surface area contributed by atoms with Crippen molar-refractivity contribution in [1.29, 1.82) is 0 Å². The fourth-order valence-corrected chi connectivity index (χ4v) is 6.92. The molecule has 4 nitrogen and oxygen atoms in total. The number of likely N-dealkylation sites (tertiary alicyclic amines) is 1. The number of piperidine rings is 1. The van der Waals surface area contributed by atoms with Crippen LogP contribution in [0.2, 0.25) is 18.1 Å². The van der Waals surface area contributed by atoms with Crippen LogP contribution in [0.1, 0.15) is 57.7 Å². The van der Waals surface area contributed by atoms with Gasteiger partial charge in [0.05, 0.1) is 18.2 Å². The summed E-state index contributed by atoms with van der Waals surface area (Å²) in [6.45, 7) is 16.9. The van der Waals surface area contributed by atoms with E-state index in [1.165, 1.54) is 16.7 Å². The maximum atomic E-state index is 13.2. The van der Waals surface area contributed by atoms with Gasteiger partial charge in [0.2, 0.25) is 0 Å². The average molecular weight is 556 g/mol. The average Bonchev–Trinajstić information content (AvgIpc) is 2.95. The molecule has 1 aliphatic heterocycles. The quantitative estimate of drug-likeness (QED) is 0.122. The Kier molecular flexibility index (Phi) is 9.18. The van der Waals surface area contributed by atoms with Crippen molar-refractivity contribution in [1.82, 2.24) is 4.90 Å². The second-order valence-corrected chi connectivity index (χ2v) is 17.0. The highest BCUT2D eigenvalue weighted by molar-refractivity contribution is 6.74. The van der Waals surface area contributed by atoms with Crippen LogP contribution in [-0.4, -0.2) is 45.0 Å². The van der Waals surface area contributed by atoms with Gasteiger partial charge in [0.25, 0.3) is 0 Å². The summed E-state index contributed by atoms with van der Waals surface area (Å²) in [6.07, 6.45) is 0.675. The van der Waals surface area contributed by atoms with Gasteiger partial charge in [-0.15, -0.1) is 0 Å². The van der Waals surface area contributed by atoms with Crippen molar-refractivity contribution < 1.29 is 14.0 Å². The lowest BCUT2D eigenvalue weighted by atomic mass is 9.74. The van der Waals surface area contributed by atoms with Gasteiger partial charge in [-0.3, -0.25) is 4.90 Å². The molecule has 1 saturated heterocycles. The molecular formula is C35H45NO3Si. The summed E-state index contributed by atoms with van der Waals surface area (Å²) in [4.78, 5) is 15.7. The van der Waals surface area contributed by atoms with Gasteiger partial charge < -0.3 is 9.16 Å². The monoisotopic (exact) mass is 555 g/mol. The molecule has 0 N–H and O–H groups in total. The number of hydrogen-bond donors (Lipinski definition) is 0. The molecular weight excluding hydrogens is 510 g/mol. The van der Waals surface area contributed by atoms with Crippen molar-refractivity contribution in [2.75, 3.05) is 19.7 Å².